The van der Waals surface area contributed by atoms with Crippen molar-refractivity contribution in [1.29, 1.82) is 0 Å². The topological polar surface area (TPSA) is 91.7 Å². The Bertz CT molecular complexity index is 729. The monoisotopic (exact) mass is 357 g/mol. The fourth-order valence-electron chi connectivity index (χ4n) is 2.32. The molecule has 0 bridgehead atoms. The maximum absolute atomic E-state index is 12.2. The van der Waals surface area contributed by atoms with Crippen LogP contribution in [-0.2, 0) is 16.1 Å². The number of nitrogens with zero attached hydrogens (tertiary/aromatic N) is 1. The van der Waals surface area contributed by atoms with E-state index in [9.17, 15) is 14.4 Å². The molecule has 0 aliphatic heterocycles. The van der Waals surface area contributed by atoms with Crippen LogP contribution >= 0.6 is 0 Å². The van der Waals surface area contributed by atoms with Crippen LogP contribution in [0.3, 0.4) is 0 Å². The van der Waals surface area contributed by atoms with Crippen molar-refractivity contribution in [3.8, 4) is 0 Å². The summed E-state index contributed by atoms with van der Waals surface area (Å²) in [7, 11) is 1.56. The molecule has 0 saturated heterocycles. The van der Waals surface area contributed by atoms with E-state index in [4.69, 9.17) is 4.42 Å². The summed E-state index contributed by atoms with van der Waals surface area (Å²) in [4.78, 5) is 37.5. The average molecular weight is 357 g/mol. The highest BCUT2D eigenvalue weighted by molar-refractivity contribution is 5.94. The van der Waals surface area contributed by atoms with Gasteiger partial charge in [-0.2, -0.15) is 0 Å². The minimum atomic E-state index is -0.344. The summed E-state index contributed by atoms with van der Waals surface area (Å²) in [5.74, 6) is -0.0912. The second-order valence-electron chi connectivity index (χ2n) is 6.05. The van der Waals surface area contributed by atoms with Crippen molar-refractivity contribution in [1.82, 2.24) is 15.5 Å². The Hall–Kier alpha value is -3.09. The third kappa shape index (κ3) is 6.08. The van der Waals surface area contributed by atoms with Crippen LogP contribution in [0.1, 0.15) is 29.5 Å². The maximum Gasteiger partial charge on any atom is 0.251 e. The molecule has 3 amide bonds. The van der Waals surface area contributed by atoms with Gasteiger partial charge in [-0.1, -0.05) is 18.2 Å². The van der Waals surface area contributed by atoms with Crippen molar-refractivity contribution in [2.45, 2.75) is 25.9 Å². The van der Waals surface area contributed by atoms with Crippen molar-refractivity contribution in [2.75, 3.05) is 13.6 Å². The first kappa shape index (κ1) is 19.2. The van der Waals surface area contributed by atoms with Crippen molar-refractivity contribution in [3.63, 3.8) is 0 Å². The summed E-state index contributed by atoms with van der Waals surface area (Å²) in [6.45, 7) is 1.97. The number of nitrogens with one attached hydrogen (secondary N) is 2. The highest BCUT2D eigenvalue weighted by Crippen LogP contribution is 2.02. The lowest BCUT2D eigenvalue weighted by Gasteiger charge is -2.20. The first-order valence-corrected chi connectivity index (χ1v) is 8.34. The van der Waals surface area contributed by atoms with E-state index >= 15 is 0 Å². The van der Waals surface area contributed by atoms with E-state index in [1.54, 1.807) is 50.4 Å². The van der Waals surface area contributed by atoms with E-state index < -0.39 is 0 Å². The van der Waals surface area contributed by atoms with E-state index in [1.165, 1.54) is 11.2 Å². The Balaban J connectivity index is 1.73. The summed E-state index contributed by atoms with van der Waals surface area (Å²) in [6.07, 6.45) is 1.64. The molecule has 0 fully saturated rings. The summed E-state index contributed by atoms with van der Waals surface area (Å²) < 4.78 is 5.13. The molecule has 0 spiro atoms. The van der Waals surface area contributed by atoms with Gasteiger partial charge in [0.05, 0.1) is 19.4 Å². The molecule has 0 radical (unpaired) electrons. The molecule has 1 aromatic carbocycles. The largest absolute Gasteiger partial charge is 0.467 e. The summed E-state index contributed by atoms with van der Waals surface area (Å²) in [5, 5.41) is 5.46. The van der Waals surface area contributed by atoms with Crippen LogP contribution in [0.25, 0.3) is 0 Å². The first-order valence-electron chi connectivity index (χ1n) is 8.34. The lowest BCUT2D eigenvalue weighted by Crippen LogP contribution is -2.41. The fraction of sp³-hybridized carbons (Fsp3) is 0.316. The normalized spacial score (nSPS) is 11.5. The highest BCUT2D eigenvalue weighted by atomic mass is 16.3. The summed E-state index contributed by atoms with van der Waals surface area (Å²) in [5.41, 5.74) is 0.539. The predicted molar refractivity (Wildman–Crippen MR) is 96.2 cm³/mol. The summed E-state index contributed by atoms with van der Waals surface area (Å²) >= 11 is 0. The number of benzene rings is 1. The zero-order valence-electron chi connectivity index (χ0n) is 14.9. The van der Waals surface area contributed by atoms with Crippen LogP contribution in [0.15, 0.2) is 53.1 Å². The van der Waals surface area contributed by atoms with Gasteiger partial charge in [0, 0.05) is 25.1 Å². The Morgan fingerprint density at radius 2 is 1.85 bits per heavy atom. The first-order chi connectivity index (χ1) is 12.5. The van der Waals surface area contributed by atoms with E-state index in [-0.39, 0.29) is 43.3 Å². The minimum Gasteiger partial charge on any atom is -0.467 e. The van der Waals surface area contributed by atoms with Gasteiger partial charge in [0.15, 0.2) is 0 Å². The molecular formula is C19H23N3O4. The standard InChI is InChI=1S/C19H23N3O4/c1-14(21-19(25)15-7-4-3-5-8-15)11-18(24)22(2)13-17(23)20-12-16-9-6-10-26-16/h3-10,14H,11-13H2,1-2H3,(H,20,23)(H,21,25). The molecule has 0 saturated carbocycles. The van der Waals surface area contributed by atoms with E-state index in [0.29, 0.717) is 11.3 Å². The van der Waals surface area contributed by atoms with Gasteiger partial charge in [0.1, 0.15) is 5.76 Å². The lowest BCUT2D eigenvalue weighted by atomic mass is 10.1. The molecule has 0 aliphatic rings. The maximum atomic E-state index is 12.2. The number of hydrogen-bond donors (Lipinski definition) is 2. The van der Waals surface area contributed by atoms with Crippen LogP contribution < -0.4 is 10.6 Å². The van der Waals surface area contributed by atoms with Crippen molar-refractivity contribution < 1.29 is 18.8 Å². The number of carbonyl (C=O) groups is 3. The van der Waals surface area contributed by atoms with Gasteiger partial charge in [-0.3, -0.25) is 14.4 Å². The number of carbonyl (C=O) groups excluding carboxylic acids is 3. The van der Waals surface area contributed by atoms with Crippen LogP contribution in [0, 0.1) is 0 Å². The number of furan rings is 1. The number of likely N-dealkylation sites (N-methyl/N-ethyl adjacent to an activating group) is 1. The van der Waals surface area contributed by atoms with Crippen LogP contribution in [-0.4, -0.2) is 42.3 Å². The van der Waals surface area contributed by atoms with E-state index in [1.807, 2.05) is 6.07 Å². The molecule has 1 heterocycles. The quantitative estimate of drug-likeness (QED) is 0.750. The zero-order chi connectivity index (χ0) is 18.9. The molecule has 1 unspecified atom stereocenters. The molecule has 138 valence electrons. The highest BCUT2D eigenvalue weighted by Gasteiger charge is 2.17. The molecule has 0 aliphatic carbocycles. The molecule has 2 N–H and O–H groups in total. The summed E-state index contributed by atoms with van der Waals surface area (Å²) in [6, 6.07) is 12.0. The van der Waals surface area contributed by atoms with Crippen LogP contribution in [0.5, 0.6) is 0 Å². The van der Waals surface area contributed by atoms with Crippen molar-refractivity contribution in [3.05, 3.63) is 60.1 Å². The second kappa shape index (κ2) is 9.41. The molecule has 1 aromatic heterocycles. The van der Waals surface area contributed by atoms with Gasteiger partial charge in [-0.15, -0.1) is 0 Å². The smallest absolute Gasteiger partial charge is 0.251 e. The van der Waals surface area contributed by atoms with Gasteiger partial charge in [0.2, 0.25) is 11.8 Å². The van der Waals surface area contributed by atoms with E-state index in [2.05, 4.69) is 10.6 Å². The van der Waals surface area contributed by atoms with Crippen molar-refractivity contribution in [2.24, 2.45) is 0 Å². The Morgan fingerprint density at radius 1 is 1.12 bits per heavy atom. The van der Waals surface area contributed by atoms with Crippen molar-refractivity contribution >= 4 is 17.7 Å². The lowest BCUT2D eigenvalue weighted by molar-refractivity contribution is -0.135. The molecule has 7 heteroatoms. The van der Waals surface area contributed by atoms with Crippen LogP contribution in [0.4, 0.5) is 0 Å². The Kier molecular flexibility index (Phi) is 6.96. The number of hydrogen-bond acceptors (Lipinski definition) is 4. The molecular weight excluding hydrogens is 334 g/mol. The molecule has 2 rings (SSSR count). The van der Waals surface area contributed by atoms with Gasteiger partial charge in [0.25, 0.3) is 5.91 Å². The Morgan fingerprint density at radius 3 is 2.50 bits per heavy atom. The van der Waals surface area contributed by atoms with Gasteiger partial charge in [-0.05, 0) is 31.2 Å². The fourth-order valence-corrected chi connectivity index (χ4v) is 2.32. The number of amides is 3. The predicted octanol–water partition coefficient (Wildman–Crippen LogP) is 1.56. The number of rotatable bonds is 8. The SMILES string of the molecule is CC(CC(=O)N(C)CC(=O)NCc1ccco1)NC(=O)c1ccccc1. The average Bonchev–Trinajstić information content (AvgIpc) is 3.14. The van der Waals surface area contributed by atoms with Gasteiger partial charge >= 0.3 is 0 Å². The zero-order valence-corrected chi connectivity index (χ0v) is 14.9. The third-order valence-electron chi connectivity index (χ3n) is 3.74. The van der Waals surface area contributed by atoms with Crippen LogP contribution in [0.2, 0.25) is 0 Å². The second-order valence-corrected chi connectivity index (χ2v) is 6.05. The molecule has 1 atom stereocenters. The van der Waals surface area contributed by atoms with Gasteiger partial charge < -0.3 is 20.0 Å². The minimum absolute atomic E-state index is 0.0567. The molecule has 26 heavy (non-hydrogen) atoms. The van der Waals surface area contributed by atoms with E-state index in [0.717, 1.165) is 0 Å². The molecule has 2 aromatic rings. The Labute approximate surface area is 152 Å². The third-order valence-corrected chi connectivity index (χ3v) is 3.74. The van der Waals surface area contributed by atoms with Gasteiger partial charge in [-0.25, -0.2) is 0 Å². The molecule has 7 nitrogen and oxygen atoms in total.